The number of likely N-dealkylation sites (tertiary alicyclic amines) is 1. The molecule has 1 saturated heterocycles. The third-order valence-corrected chi connectivity index (χ3v) is 4.98. The predicted octanol–water partition coefficient (Wildman–Crippen LogP) is 2.71. The van der Waals surface area contributed by atoms with Gasteiger partial charge in [-0.2, -0.15) is 0 Å². The van der Waals surface area contributed by atoms with Crippen molar-refractivity contribution in [3.05, 3.63) is 22.5 Å². The molecule has 0 spiro atoms. The lowest BCUT2D eigenvalue weighted by Crippen LogP contribution is -2.45. The van der Waals surface area contributed by atoms with Crippen LogP contribution in [0.15, 0.2) is 0 Å². The molecule has 6 heteroatoms. The van der Waals surface area contributed by atoms with Crippen molar-refractivity contribution >= 4 is 11.9 Å². The van der Waals surface area contributed by atoms with Crippen molar-refractivity contribution in [2.45, 2.75) is 65.5 Å². The molecule has 0 saturated carbocycles. The molecular formula is C18H29N3O3. The van der Waals surface area contributed by atoms with Crippen LogP contribution >= 0.6 is 0 Å². The Kier molecular flexibility index (Phi) is 6.04. The number of hydrogen-bond acceptors (Lipinski definition) is 3. The fourth-order valence-corrected chi connectivity index (χ4v) is 3.76. The van der Waals surface area contributed by atoms with Crippen molar-refractivity contribution in [2.24, 2.45) is 0 Å². The van der Waals surface area contributed by atoms with Crippen LogP contribution in [0.2, 0.25) is 0 Å². The Labute approximate surface area is 143 Å². The third-order valence-electron chi connectivity index (χ3n) is 4.98. The molecule has 1 unspecified atom stereocenters. The van der Waals surface area contributed by atoms with Gasteiger partial charge in [-0.1, -0.05) is 6.42 Å². The summed E-state index contributed by atoms with van der Waals surface area (Å²) in [6, 6.07) is 1.04. The lowest BCUT2D eigenvalue weighted by Gasteiger charge is -2.38. The van der Waals surface area contributed by atoms with Crippen LogP contribution in [0.5, 0.6) is 0 Å². The van der Waals surface area contributed by atoms with Crippen molar-refractivity contribution in [1.29, 1.82) is 0 Å². The fourth-order valence-electron chi connectivity index (χ4n) is 3.76. The average molecular weight is 335 g/mol. The zero-order valence-corrected chi connectivity index (χ0v) is 15.1. The van der Waals surface area contributed by atoms with E-state index in [4.69, 9.17) is 5.11 Å². The molecule has 6 nitrogen and oxygen atoms in total. The molecule has 1 atom stereocenters. The molecule has 1 aliphatic rings. The Balaban J connectivity index is 1.95. The summed E-state index contributed by atoms with van der Waals surface area (Å²) in [6.45, 7) is 9.58. The van der Waals surface area contributed by atoms with E-state index in [0.717, 1.165) is 13.0 Å². The van der Waals surface area contributed by atoms with E-state index in [-0.39, 0.29) is 11.6 Å². The summed E-state index contributed by atoms with van der Waals surface area (Å²) in [5.41, 5.74) is 1.65. The number of piperidine rings is 1. The minimum Gasteiger partial charge on any atom is -0.477 e. The van der Waals surface area contributed by atoms with E-state index in [2.05, 4.69) is 29.0 Å². The number of aromatic nitrogens is 1. The third kappa shape index (κ3) is 3.98. The summed E-state index contributed by atoms with van der Waals surface area (Å²) in [7, 11) is 0. The van der Waals surface area contributed by atoms with Gasteiger partial charge in [0.1, 0.15) is 5.69 Å². The monoisotopic (exact) mass is 335 g/mol. The van der Waals surface area contributed by atoms with E-state index in [1.54, 1.807) is 13.8 Å². The number of rotatable bonds is 6. The Bertz CT molecular complexity index is 607. The molecule has 24 heavy (non-hydrogen) atoms. The number of carbonyl (C=O) groups is 2. The Hall–Kier alpha value is -1.82. The van der Waals surface area contributed by atoms with Crippen LogP contribution in [0.25, 0.3) is 0 Å². The highest BCUT2D eigenvalue weighted by Crippen LogP contribution is 2.22. The van der Waals surface area contributed by atoms with Gasteiger partial charge in [0.05, 0.1) is 5.56 Å². The molecule has 0 radical (unpaired) electrons. The smallest absolute Gasteiger partial charge is 0.352 e. The molecular weight excluding hydrogens is 306 g/mol. The van der Waals surface area contributed by atoms with Gasteiger partial charge in [0.2, 0.25) is 0 Å². The molecule has 134 valence electrons. The minimum absolute atomic E-state index is 0.0934. The Morgan fingerprint density at radius 1 is 1.33 bits per heavy atom. The molecule has 0 aliphatic carbocycles. The summed E-state index contributed by atoms with van der Waals surface area (Å²) < 4.78 is 0. The number of nitrogens with one attached hydrogen (secondary N) is 2. The van der Waals surface area contributed by atoms with Crippen LogP contribution in [0.1, 0.15) is 71.6 Å². The van der Waals surface area contributed by atoms with Crippen molar-refractivity contribution in [3.8, 4) is 0 Å². The van der Waals surface area contributed by atoms with Gasteiger partial charge in [0.15, 0.2) is 0 Å². The molecule has 1 aliphatic heterocycles. The molecule has 2 heterocycles. The first-order chi connectivity index (χ1) is 11.3. The van der Waals surface area contributed by atoms with Crippen LogP contribution in [-0.2, 0) is 0 Å². The number of hydrogen-bond donors (Lipinski definition) is 3. The maximum Gasteiger partial charge on any atom is 0.352 e. The molecule has 0 bridgehead atoms. The molecule has 1 fully saturated rings. The largest absolute Gasteiger partial charge is 0.477 e. The van der Waals surface area contributed by atoms with E-state index >= 15 is 0 Å². The van der Waals surface area contributed by atoms with Crippen molar-refractivity contribution in [2.75, 3.05) is 13.1 Å². The van der Waals surface area contributed by atoms with Crippen LogP contribution in [-0.4, -0.2) is 52.0 Å². The predicted molar refractivity (Wildman–Crippen MR) is 93.7 cm³/mol. The maximum atomic E-state index is 12.4. The number of carboxylic acids is 1. The number of H-pyrrole nitrogens is 1. The van der Waals surface area contributed by atoms with E-state index in [1.807, 2.05) is 0 Å². The van der Waals surface area contributed by atoms with Gasteiger partial charge in [0.25, 0.3) is 5.91 Å². The molecule has 1 aromatic heterocycles. The summed E-state index contributed by atoms with van der Waals surface area (Å²) >= 11 is 0. The first kappa shape index (κ1) is 18.5. The van der Waals surface area contributed by atoms with Crippen LogP contribution in [0.4, 0.5) is 0 Å². The first-order valence-electron chi connectivity index (χ1n) is 8.79. The number of carboxylic acid groups (broad SMARTS) is 1. The molecule has 2 rings (SSSR count). The second-order valence-electron chi connectivity index (χ2n) is 6.96. The zero-order chi connectivity index (χ0) is 17.9. The van der Waals surface area contributed by atoms with Crippen LogP contribution in [0, 0.1) is 13.8 Å². The van der Waals surface area contributed by atoms with Gasteiger partial charge in [-0.25, -0.2) is 4.79 Å². The second kappa shape index (κ2) is 7.83. The number of amides is 1. The molecule has 1 amide bonds. The van der Waals surface area contributed by atoms with Crippen LogP contribution < -0.4 is 5.32 Å². The minimum atomic E-state index is -1.04. The average Bonchev–Trinajstić information content (AvgIpc) is 2.82. The van der Waals surface area contributed by atoms with E-state index in [9.17, 15) is 9.59 Å². The highest BCUT2D eigenvalue weighted by atomic mass is 16.4. The number of aryl methyl sites for hydroxylation is 1. The van der Waals surface area contributed by atoms with Gasteiger partial charge in [-0.15, -0.1) is 0 Å². The van der Waals surface area contributed by atoms with Crippen LogP contribution in [0.3, 0.4) is 0 Å². The summed E-state index contributed by atoms with van der Waals surface area (Å²) in [4.78, 5) is 28.9. The highest BCUT2D eigenvalue weighted by Gasteiger charge is 2.25. The highest BCUT2D eigenvalue weighted by molar-refractivity contribution is 6.00. The zero-order valence-electron chi connectivity index (χ0n) is 15.1. The number of nitrogens with zero attached hydrogens (tertiary/aromatic N) is 1. The lowest BCUT2D eigenvalue weighted by atomic mass is 9.97. The van der Waals surface area contributed by atoms with Gasteiger partial charge in [0, 0.05) is 24.3 Å². The van der Waals surface area contributed by atoms with Crippen molar-refractivity contribution < 1.29 is 14.7 Å². The van der Waals surface area contributed by atoms with Crippen molar-refractivity contribution in [1.82, 2.24) is 15.2 Å². The second-order valence-corrected chi connectivity index (χ2v) is 6.96. The summed E-state index contributed by atoms with van der Waals surface area (Å²) in [5.74, 6) is -1.23. The quantitative estimate of drug-likeness (QED) is 0.746. The lowest BCUT2D eigenvalue weighted by molar-refractivity contribution is 0.0690. The van der Waals surface area contributed by atoms with E-state index < -0.39 is 5.97 Å². The van der Waals surface area contributed by atoms with E-state index in [0.29, 0.717) is 35.4 Å². The fraction of sp³-hybridized carbons (Fsp3) is 0.667. The topological polar surface area (TPSA) is 85.4 Å². The van der Waals surface area contributed by atoms with Gasteiger partial charge in [-0.3, -0.25) is 9.69 Å². The van der Waals surface area contributed by atoms with Crippen molar-refractivity contribution in [3.63, 3.8) is 0 Å². The van der Waals surface area contributed by atoms with Gasteiger partial charge >= 0.3 is 5.97 Å². The Morgan fingerprint density at radius 3 is 2.62 bits per heavy atom. The molecule has 0 aromatic carbocycles. The number of aromatic amines is 1. The number of aromatic carboxylic acids is 1. The summed E-state index contributed by atoms with van der Waals surface area (Å²) in [6.07, 6.45) is 4.61. The number of carbonyl (C=O) groups excluding carboxylic acids is 1. The first-order valence-corrected chi connectivity index (χ1v) is 8.79. The Morgan fingerprint density at radius 2 is 2.04 bits per heavy atom. The van der Waals surface area contributed by atoms with E-state index in [1.165, 1.54) is 19.3 Å². The molecule has 1 aromatic rings. The SMILES string of the molecule is Cc1[nH]c(C(=O)O)c(C)c1C(=O)NCCC1CCCCN1C(C)C. The van der Waals surface area contributed by atoms with Gasteiger partial charge in [-0.05, 0) is 59.1 Å². The normalized spacial score (nSPS) is 18.8. The summed E-state index contributed by atoms with van der Waals surface area (Å²) in [5, 5.41) is 12.1. The molecule has 3 N–H and O–H groups in total. The standard InChI is InChI=1S/C18H29N3O3/c1-11(2)21-10-6-5-7-14(21)8-9-19-17(22)15-12(3)16(18(23)24)20-13(15)4/h11,14,20H,5-10H2,1-4H3,(H,19,22)(H,23,24). The maximum absolute atomic E-state index is 12.4. The van der Waals surface area contributed by atoms with Gasteiger partial charge < -0.3 is 15.4 Å².